The van der Waals surface area contributed by atoms with Gasteiger partial charge in [0.2, 0.25) is 5.88 Å². The highest BCUT2D eigenvalue weighted by Crippen LogP contribution is 2.38. The number of rotatable bonds is 5. The average molecular weight is 365 g/mol. The van der Waals surface area contributed by atoms with Crippen molar-refractivity contribution in [3.63, 3.8) is 0 Å². The van der Waals surface area contributed by atoms with Crippen molar-refractivity contribution < 1.29 is 14.2 Å². The Morgan fingerprint density at radius 1 is 1.15 bits per heavy atom. The lowest BCUT2D eigenvalue weighted by molar-refractivity contribution is 0.290. The Hall–Kier alpha value is -3.35. The second-order valence-electron chi connectivity index (χ2n) is 6.18. The Morgan fingerprint density at radius 3 is 2.70 bits per heavy atom. The van der Waals surface area contributed by atoms with Gasteiger partial charge >= 0.3 is 5.69 Å². The van der Waals surface area contributed by atoms with Crippen molar-refractivity contribution in [1.29, 1.82) is 0 Å². The smallest absolute Gasteiger partial charge is 0.351 e. The summed E-state index contributed by atoms with van der Waals surface area (Å²) in [5.41, 5.74) is 3.36. The molecule has 0 radical (unpaired) electrons. The first kappa shape index (κ1) is 17.1. The van der Waals surface area contributed by atoms with E-state index in [1.165, 1.54) is 0 Å². The summed E-state index contributed by atoms with van der Waals surface area (Å²) < 4.78 is 18.2. The van der Waals surface area contributed by atoms with Gasteiger partial charge in [-0.15, -0.1) is 0 Å². The van der Waals surface area contributed by atoms with Crippen LogP contribution in [0.25, 0.3) is 11.3 Å². The molecule has 1 aromatic carbocycles. The predicted octanol–water partition coefficient (Wildman–Crippen LogP) is 2.46. The number of ether oxygens (including phenoxy) is 3. The van der Waals surface area contributed by atoms with Gasteiger partial charge in [-0.3, -0.25) is 9.55 Å². The van der Waals surface area contributed by atoms with Crippen LogP contribution in [0.2, 0.25) is 0 Å². The van der Waals surface area contributed by atoms with Crippen LogP contribution in [0.5, 0.6) is 17.4 Å². The van der Waals surface area contributed by atoms with E-state index in [1.807, 2.05) is 24.3 Å². The molecule has 27 heavy (non-hydrogen) atoms. The van der Waals surface area contributed by atoms with Crippen LogP contribution in [0.4, 0.5) is 0 Å². The van der Waals surface area contributed by atoms with Gasteiger partial charge in [-0.05, 0) is 30.2 Å². The molecule has 3 heterocycles. The van der Waals surface area contributed by atoms with Gasteiger partial charge in [-0.2, -0.15) is 4.98 Å². The van der Waals surface area contributed by atoms with Crippen molar-refractivity contribution in [1.82, 2.24) is 14.5 Å². The first-order valence-corrected chi connectivity index (χ1v) is 8.58. The highest BCUT2D eigenvalue weighted by molar-refractivity contribution is 5.70. The number of methoxy groups -OCH3 is 2. The predicted molar refractivity (Wildman–Crippen MR) is 99.3 cm³/mol. The molecule has 7 nitrogen and oxygen atoms in total. The summed E-state index contributed by atoms with van der Waals surface area (Å²) >= 11 is 0. The zero-order chi connectivity index (χ0) is 18.8. The molecular formula is C20H19N3O4. The van der Waals surface area contributed by atoms with Crippen molar-refractivity contribution in [3.05, 3.63) is 64.3 Å². The Morgan fingerprint density at radius 2 is 1.96 bits per heavy atom. The minimum atomic E-state index is -0.325. The largest absolute Gasteiger partial charge is 0.493 e. The molecule has 0 aliphatic carbocycles. The van der Waals surface area contributed by atoms with E-state index in [9.17, 15) is 4.79 Å². The van der Waals surface area contributed by atoms with E-state index in [4.69, 9.17) is 14.2 Å². The van der Waals surface area contributed by atoms with Crippen LogP contribution >= 0.6 is 0 Å². The van der Waals surface area contributed by atoms with Gasteiger partial charge in [0, 0.05) is 36.1 Å². The number of aryl methyl sites for hydroxylation is 1. The van der Waals surface area contributed by atoms with E-state index >= 15 is 0 Å². The van der Waals surface area contributed by atoms with Crippen LogP contribution in [0.3, 0.4) is 0 Å². The van der Waals surface area contributed by atoms with E-state index in [0.717, 1.165) is 28.8 Å². The number of fused-ring (bicyclic) bond motifs is 3. The Kier molecular flexibility index (Phi) is 4.50. The molecule has 0 bridgehead atoms. The van der Waals surface area contributed by atoms with E-state index in [2.05, 4.69) is 9.97 Å². The van der Waals surface area contributed by atoms with Crippen LogP contribution in [-0.4, -0.2) is 28.8 Å². The molecule has 0 spiro atoms. The van der Waals surface area contributed by atoms with Gasteiger partial charge < -0.3 is 14.2 Å². The van der Waals surface area contributed by atoms with Crippen LogP contribution in [0.1, 0.15) is 11.1 Å². The summed E-state index contributed by atoms with van der Waals surface area (Å²) in [6.07, 6.45) is 4.14. The number of pyridine rings is 1. The number of nitrogens with zero attached hydrogens (tertiary/aromatic N) is 3. The van der Waals surface area contributed by atoms with Crippen LogP contribution in [0, 0.1) is 0 Å². The van der Waals surface area contributed by atoms with Gasteiger partial charge in [-0.25, -0.2) is 4.79 Å². The van der Waals surface area contributed by atoms with Crippen molar-refractivity contribution in [2.45, 2.75) is 19.6 Å². The molecule has 2 aromatic heterocycles. The SMILES string of the molecule is COc1cc2c(cc1OC)-c1cc(OCc3cccnc3)nc(=O)n1CC2. The third-order valence-electron chi connectivity index (χ3n) is 4.59. The minimum absolute atomic E-state index is 0.290. The summed E-state index contributed by atoms with van der Waals surface area (Å²) in [6.45, 7) is 0.856. The molecule has 0 amide bonds. The summed E-state index contributed by atoms with van der Waals surface area (Å²) in [5, 5.41) is 0. The maximum atomic E-state index is 12.5. The Balaban J connectivity index is 1.73. The van der Waals surface area contributed by atoms with Crippen LogP contribution in [-0.2, 0) is 19.6 Å². The fourth-order valence-electron chi connectivity index (χ4n) is 3.24. The number of benzene rings is 1. The van der Waals surface area contributed by atoms with Gasteiger partial charge in [0.15, 0.2) is 11.5 Å². The molecule has 0 atom stereocenters. The third kappa shape index (κ3) is 3.23. The molecule has 138 valence electrons. The lowest BCUT2D eigenvalue weighted by Crippen LogP contribution is -2.28. The number of hydrogen-bond acceptors (Lipinski definition) is 6. The molecular weight excluding hydrogens is 346 g/mol. The van der Waals surface area contributed by atoms with Crippen molar-refractivity contribution >= 4 is 0 Å². The number of aromatic nitrogens is 3. The zero-order valence-electron chi connectivity index (χ0n) is 15.1. The van der Waals surface area contributed by atoms with Crippen LogP contribution < -0.4 is 19.9 Å². The Labute approximate surface area is 156 Å². The lowest BCUT2D eigenvalue weighted by atomic mass is 9.97. The number of hydrogen-bond donors (Lipinski definition) is 0. The molecule has 1 aliphatic heterocycles. The summed E-state index contributed by atoms with van der Waals surface area (Å²) in [7, 11) is 3.20. The molecule has 1 aliphatic rings. The van der Waals surface area contributed by atoms with Gasteiger partial charge in [0.25, 0.3) is 0 Å². The highest BCUT2D eigenvalue weighted by Gasteiger charge is 2.22. The topological polar surface area (TPSA) is 75.5 Å². The fourth-order valence-corrected chi connectivity index (χ4v) is 3.24. The highest BCUT2D eigenvalue weighted by atomic mass is 16.5. The fraction of sp³-hybridized carbons (Fsp3) is 0.250. The third-order valence-corrected chi connectivity index (χ3v) is 4.59. The van der Waals surface area contributed by atoms with E-state index < -0.39 is 0 Å². The second kappa shape index (κ2) is 7.11. The molecule has 0 fully saturated rings. The lowest BCUT2D eigenvalue weighted by Gasteiger charge is -2.23. The van der Waals surface area contributed by atoms with Crippen molar-refractivity contribution in [2.24, 2.45) is 0 Å². The monoisotopic (exact) mass is 365 g/mol. The van der Waals surface area contributed by atoms with Gasteiger partial charge in [0.05, 0.1) is 19.9 Å². The maximum Gasteiger partial charge on any atom is 0.351 e. The van der Waals surface area contributed by atoms with Crippen LogP contribution in [0.15, 0.2) is 47.5 Å². The van der Waals surface area contributed by atoms with Crippen molar-refractivity contribution in [2.75, 3.05) is 14.2 Å². The Bertz CT molecular complexity index is 1030. The average Bonchev–Trinajstić information content (AvgIpc) is 2.71. The van der Waals surface area contributed by atoms with Gasteiger partial charge in [-0.1, -0.05) is 6.07 Å². The quantitative estimate of drug-likeness (QED) is 0.691. The van der Waals surface area contributed by atoms with Gasteiger partial charge in [0.1, 0.15) is 6.61 Å². The maximum absolute atomic E-state index is 12.5. The molecule has 0 saturated carbocycles. The molecule has 0 N–H and O–H groups in total. The standard InChI is InChI=1S/C20H19N3O4/c1-25-17-8-14-5-7-23-16(15(14)9-18(17)26-2)10-19(22-20(23)24)27-12-13-4-3-6-21-11-13/h3-4,6,8-11H,5,7,12H2,1-2H3. The molecule has 0 saturated heterocycles. The van der Waals surface area contributed by atoms with E-state index in [-0.39, 0.29) is 11.6 Å². The first-order valence-electron chi connectivity index (χ1n) is 8.58. The zero-order valence-corrected chi connectivity index (χ0v) is 15.1. The molecule has 7 heteroatoms. The van der Waals surface area contributed by atoms with E-state index in [1.54, 1.807) is 37.2 Å². The summed E-state index contributed by atoms with van der Waals surface area (Å²) in [4.78, 5) is 20.6. The normalized spacial score (nSPS) is 12.1. The minimum Gasteiger partial charge on any atom is -0.493 e. The summed E-state index contributed by atoms with van der Waals surface area (Å²) in [5.74, 6) is 1.58. The summed E-state index contributed by atoms with van der Waals surface area (Å²) in [6, 6.07) is 9.39. The molecule has 3 aromatic rings. The first-order chi connectivity index (χ1) is 13.2. The molecule has 4 rings (SSSR count). The van der Waals surface area contributed by atoms with Crippen molar-refractivity contribution in [3.8, 4) is 28.6 Å². The second-order valence-corrected chi connectivity index (χ2v) is 6.18. The van der Waals surface area contributed by atoms with E-state index in [0.29, 0.717) is 24.7 Å². The molecule has 0 unspecified atom stereocenters.